The molecule has 0 amide bonds. The average Bonchev–Trinajstić information content (AvgIpc) is 2.31. The van der Waals surface area contributed by atoms with E-state index >= 15 is 0 Å². The van der Waals surface area contributed by atoms with Crippen molar-refractivity contribution >= 4 is 0 Å². The fourth-order valence-electron chi connectivity index (χ4n) is 1.48. The standard InChI is InChI=1S/C11H16O5/c1-15-10-5-7(3-4-8(10)13)11(16-2)9(14)6-12/h3-5,9,11-14H,6H2,1-2H3. The van der Waals surface area contributed by atoms with E-state index in [-0.39, 0.29) is 5.75 Å². The minimum atomic E-state index is -1.01. The van der Waals surface area contributed by atoms with Crippen LogP contribution in [-0.4, -0.2) is 42.3 Å². The Morgan fingerprint density at radius 3 is 2.50 bits per heavy atom. The lowest BCUT2D eigenvalue weighted by Gasteiger charge is -2.20. The number of ether oxygens (including phenoxy) is 2. The summed E-state index contributed by atoms with van der Waals surface area (Å²) in [5.74, 6) is 0.310. The monoisotopic (exact) mass is 228 g/mol. The van der Waals surface area contributed by atoms with Crippen molar-refractivity contribution in [1.29, 1.82) is 0 Å². The Balaban J connectivity index is 3.01. The third-order valence-corrected chi connectivity index (χ3v) is 2.32. The van der Waals surface area contributed by atoms with Crippen molar-refractivity contribution in [3.63, 3.8) is 0 Å². The molecule has 90 valence electrons. The topological polar surface area (TPSA) is 79.2 Å². The number of benzene rings is 1. The molecule has 0 heterocycles. The van der Waals surface area contributed by atoms with Crippen LogP contribution in [0.3, 0.4) is 0 Å². The number of aromatic hydroxyl groups is 1. The minimum absolute atomic E-state index is 0.0135. The second-order valence-electron chi connectivity index (χ2n) is 3.34. The molecule has 1 aromatic carbocycles. The van der Waals surface area contributed by atoms with Gasteiger partial charge in [0.25, 0.3) is 0 Å². The van der Waals surface area contributed by atoms with Crippen LogP contribution >= 0.6 is 0 Å². The number of phenolic OH excluding ortho intramolecular Hbond substituents is 1. The highest BCUT2D eigenvalue weighted by Gasteiger charge is 2.21. The quantitative estimate of drug-likeness (QED) is 0.681. The first kappa shape index (κ1) is 12.8. The van der Waals surface area contributed by atoms with E-state index in [1.165, 1.54) is 20.3 Å². The maximum Gasteiger partial charge on any atom is 0.160 e. The number of hydrogen-bond acceptors (Lipinski definition) is 5. The van der Waals surface area contributed by atoms with Crippen LogP contribution in [0, 0.1) is 0 Å². The minimum Gasteiger partial charge on any atom is -0.504 e. The molecule has 0 aliphatic heterocycles. The number of aliphatic hydroxyl groups is 2. The number of methoxy groups -OCH3 is 2. The number of aliphatic hydroxyl groups excluding tert-OH is 2. The zero-order valence-corrected chi connectivity index (χ0v) is 9.25. The van der Waals surface area contributed by atoms with Crippen molar-refractivity contribution in [3.8, 4) is 11.5 Å². The molecule has 16 heavy (non-hydrogen) atoms. The van der Waals surface area contributed by atoms with Crippen LogP contribution in [0.1, 0.15) is 11.7 Å². The summed E-state index contributed by atoms with van der Waals surface area (Å²) in [6.45, 7) is -0.401. The molecule has 0 radical (unpaired) electrons. The van der Waals surface area contributed by atoms with Gasteiger partial charge in [-0.15, -0.1) is 0 Å². The Hall–Kier alpha value is -1.30. The Morgan fingerprint density at radius 1 is 1.31 bits per heavy atom. The van der Waals surface area contributed by atoms with Gasteiger partial charge in [0.2, 0.25) is 0 Å². The first-order chi connectivity index (χ1) is 7.63. The van der Waals surface area contributed by atoms with Gasteiger partial charge in [-0.3, -0.25) is 0 Å². The van der Waals surface area contributed by atoms with Gasteiger partial charge in [0.1, 0.15) is 12.2 Å². The first-order valence-electron chi connectivity index (χ1n) is 4.82. The summed E-state index contributed by atoms with van der Waals surface area (Å²) in [4.78, 5) is 0. The zero-order valence-electron chi connectivity index (χ0n) is 9.25. The molecule has 5 heteroatoms. The van der Waals surface area contributed by atoms with E-state index < -0.39 is 18.8 Å². The average molecular weight is 228 g/mol. The van der Waals surface area contributed by atoms with E-state index in [4.69, 9.17) is 14.6 Å². The molecule has 1 aromatic rings. The van der Waals surface area contributed by atoms with E-state index in [2.05, 4.69) is 0 Å². The molecule has 3 N–H and O–H groups in total. The van der Waals surface area contributed by atoms with Crippen LogP contribution in [0.15, 0.2) is 18.2 Å². The van der Waals surface area contributed by atoms with Gasteiger partial charge in [0.15, 0.2) is 11.5 Å². The molecular formula is C11H16O5. The molecule has 0 aliphatic rings. The maximum absolute atomic E-state index is 9.53. The molecule has 0 aromatic heterocycles. The predicted molar refractivity (Wildman–Crippen MR) is 57.5 cm³/mol. The third kappa shape index (κ3) is 2.63. The Bertz CT molecular complexity index is 339. The number of rotatable bonds is 5. The van der Waals surface area contributed by atoms with Crippen LogP contribution in [0.4, 0.5) is 0 Å². The summed E-state index contributed by atoms with van der Waals surface area (Å²) in [5, 5.41) is 27.8. The van der Waals surface area contributed by atoms with E-state index in [0.717, 1.165) is 0 Å². The van der Waals surface area contributed by atoms with Gasteiger partial charge in [-0.2, -0.15) is 0 Å². The van der Waals surface area contributed by atoms with E-state index in [1.807, 2.05) is 0 Å². The van der Waals surface area contributed by atoms with Crippen molar-refractivity contribution in [3.05, 3.63) is 23.8 Å². The van der Waals surface area contributed by atoms with Crippen LogP contribution in [-0.2, 0) is 4.74 Å². The summed E-state index contributed by atoms with van der Waals surface area (Å²) in [6, 6.07) is 4.61. The molecule has 0 bridgehead atoms. The molecule has 0 saturated carbocycles. The van der Waals surface area contributed by atoms with Gasteiger partial charge in [0, 0.05) is 7.11 Å². The molecule has 0 spiro atoms. The lowest BCUT2D eigenvalue weighted by molar-refractivity contribution is -0.0393. The highest BCUT2D eigenvalue weighted by molar-refractivity contribution is 5.42. The second kappa shape index (κ2) is 5.69. The molecule has 2 unspecified atom stereocenters. The van der Waals surface area contributed by atoms with Gasteiger partial charge >= 0.3 is 0 Å². The van der Waals surface area contributed by atoms with Gasteiger partial charge < -0.3 is 24.8 Å². The van der Waals surface area contributed by atoms with Gasteiger partial charge in [-0.1, -0.05) is 6.07 Å². The molecule has 0 saturated heterocycles. The van der Waals surface area contributed by atoms with Crippen LogP contribution < -0.4 is 4.74 Å². The molecular weight excluding hydrogens is 212 g/mol. The molecule has 0 aliphatic carbocycles. The lowest BCUT2D eigenvalue weighted by Crippen LogP contribution is -2.23. The molecule has 0 fully saturated rings. The van der Waals surface area contributed by atoms with Crippen LogP contribution in [0.2, 0.25) is 0 Å². The van der Waals surface area contributed by atoms with E-state index in [1.54, 1.807) is 12.1 Å². The normalized spacial score (nSPS) is 14.5. The Kier molecular flexibility index (Phi) is 4.54. The smallest absolute Gasteiger partial charge is 0.160 e. The first-order valence-corrected chi connectivity index (χ1v) is 4.82. The summed E-state index contributed by atoms with van der Waals surface area (Å²) in [5.41, 5.74) is 0.624. The predicted octanol–water partition coefficient (Wildman–Crippen LogP) is 0.441. The number of phenols is 1. The summed E-state index contributed by atoms with van der Waals surface area (Å²) in [7, 11) is 2.87. The number of hydrogen-bond donors (Lipinski definition) is 3. The van der Waals surface area contributed by atoms with Crippen molar-refractivity contribution < 1.29 is 24.8 Å². The fourth-order valence-corrected chi connectivity index (χ4v) is 1.48. The lowest BCUT2D eigenvalue weighted by atomic mass is 10.0. The van der Waals surface area contributed by atoms with Crippen LogP contribution in [0.5, 0.6) is 11.5 Å². The highest BCUT2D eigenvalue weighted by atomic mass is 16.5. The van der Waals surface area contributed by atoms with Crippen molar-refractivity contribution in [1.82, 2.24) is 0 Å². The summed E-state index contributed by atoms with van der Waals surface area (Å²) in [6.07, 6.45) is -1.67. The zero-order chi connectivity index (χ0) is 12.1. The van der Waals surface area contributed by atoms with Gasteiger partial charge in [-0.05, 0) is 17.7 Å². The fraction of sp³-hybridized carbons (Fsp3) is 0.455. The van der Waals surface area contributed by atoms with E-state index in [0.29, 0.717) is 11.3 Å². The van der Waals surface area contributed by atoms with Gasteiger partial charge in [0.05, 0.1) is 13.7 Å². The molecule has 2 atom stereocenters. The largest absolute Gasteiger partial charge is 0.504 e. The van der Waals surface area contributed by atoms with Gasteiger partial charge in [-0.25, -0.2) is 0 Å². The van der Waals surface area contributed by atoms with Crippen molar-refractivity contribution in [2.75, 3.05) is 20.8 Å². The second-order valence-corrected chi connectivity index (χ2v) is 3.34. The third-order valence-electron chi connectivity index (χ3n) is 2.32. The Labute approximate surface area is 93.9 Å². The van der Waals surface area contributed by atoms with Crippen LogP contribution in [0.25, 0.3) is 0 Å². The highest BCUT2D eigenvalue weighted by Crippen LogP contribution is 2.31. The van der Waals surface area contributed by atoms with Crippen molar-refractivity contribution in [2.24, 2.45) is 0 Å². The summed E-state index contributed by atoms with van der Waals surface area (Å²) < 4.78 is 10.0. The SMILES string of the molecule is COc1cc(C(OC)C(O)CO)ccc1O. The summed E-state index contributed by atoms with van der Waals surface area (Å²) >= 11 is 0. The maximum atomic E-state index is 9.53. The Morgan fingerprint density at radius 2 is 2.00 bits per heavy atom. The van der Waals surface area contributed by atoms with Crippen molar-refractivity contribution in [2.45, 2.75) is 12.2 Å². The molecule has 1 rings (SSSR count). The molecule has 5 nitrogen and oxygen atoms in total. The van der Waals surface area contributed by atoms with E-state index in [9.17, 15) is 10.2 Å².